The molecule has 0 bridgehead atoms. The molecular formula is C18H23N5O7. The molecule has 0 spiro atoms. The second-order valence-corrected chi connectivity index (χ2v) is 7.33. The summed E-state index contributed by atoms with van der Waals surface area (Å²) in [5.74, 6) is -0.0728. The molecule has 2 fully saturated rings. The third-order valence-corrected chi connectivity index (χ3v) is 5.61. The third kappa shape index (κ3) is 4.98. The van der Waals surface area contributed by atoms with E-state index in [9.17, 15) is 30.3 Å². The molecule has 1 N–H and O–H groups in total. The van der Waals surface area contributed by atoms with Gasteiger partial charge in [-0.1, -0.05) is 19.8 Å². The van der Waals surface area contributed by atoms with E-state index in [1.165, 1.54) is 38.8 Å². The van der Waals surface area contributed by atoms with Crippen LogP contribution in [0.25, 0.3) is 0 Å². The highest BCUT2D eigenvalue weighted by Crippen LogP contribution is 2.41. The Bertz CT molecular complexity index is 828. The van der Waals surface area contributed by atoms with Gasteiger partial charge < -0.3 is 5.11 Å². The number of benzene rings is 1. The lowest BCUT2D eigenvalue weighted by Gasteiger charge is -2.49. The van der Waals surface area contributed by atoms with Gasteiger partial charge in [0.1, 0.15) is 0 Å². The number of hydrogen-bond acceptors (Lipinski definition) is 9. The summed E-state index contributed by atoms with van der Waals surface area (Å²) in [7, 11) is 0. The SMILES string of the molecule is CCC1CC(C#N)C1N1CCCCC1.O=[N+]([O-])c1cc([N+](=O)[O-])c(O)c([N+](=O)[O-])c1. The molecule has 0 aromatic heterocycles. The minimum absolute atomic E-state index is 0.332. The van der Waals surface area contributed by atoms with Crippen LogP contribution in [-0.2, 0) is 0 Å². The second kappa shape index (κ2) is 9.93. The van der Waals surface area contributed by atoms with E-state index in [1.54, 1.807) is 0 Å². The third-order valence-electron chi connectivity index (χ3n) is 5.61. The van der Waals surface area contributed by atoms with Crippen LogP contribution < -0.4 is 0 Å². The smallest absolute Gasteiger partial charge is 0.324 e. The van der Waals surface area contributed by atoms with Crippen molar-refractivity contribution in [2.45, 2.75) is 45.1 Å². The quantitative estimate of drug-likeness (QED) is 0.550. The van der Waals surface area contributed by atoms with Crippen molar-refractivity contribution < 1.29 is 19.9 Å². The van der Waals surface area contributed by atoms with Crippen LogP contribution in [0.15, 0.2) is 12.1 Å². The number of aromatic hydroxyl groups is 1. The lowest BCUT2D eigenvalue weighted by Crippen LogP contribution is -2.54. The van der Waals surface area contributed by atoms with Gasteiger partial charge in [-0.15, -0.1) is 0 Å². The van der Waals surface area contributed by atoms with Crippen LogP contribution in [0.5, 0.6) is 5.75 Å². The minimum Gasteiger partial charge on any atom is -0.497 e. The summed E-state index contributed by atoms with van der Waals surface area (Å²) in [5.41, 5.74) is -3.00. The van der Waals surface area contributed by atoms with E-state index in [4.69, 9.17) is 10.4 Å². The normalized spacial score (nSPS) is 23.3. The number of nitrogens with zero attached hydrogens (tertiary/aromatic N) is 5. The van der Waals surface area contributed by atoms with Gasteiger partial charge in [0.2, 0.25) is 0 Å². The number of rotatable bonds is 5. The van der Waals surface area contributed by atoms with Gasteiger partial charge in [0.25, 0.3) is 11.4 Å². The number of nitriles is 1. The summed E-state index contributed by atoms with van der Waals surface area (Å²) < 4.78 is 0. The fraction of sp³-hybridized carbons (Fsp3) is 0.611. The summed E-state index contributed by atoms with van der Waals surface area (Å²) in [5, 5.41) is 49.2. The van der Waals surface area contributed by atoms with E-state index >= 15 is 0 Å². The van der Waals surface area contributed by atoms with Gasteiger partial charge in [-0.2, -0.15) is 5.26 Å². The highest BCUT2D eigenvalue weighted by Gasteiger charge is 2.43. The molecule has 1 aromatic carbocycles. The number of nitro groups is 3. The van der Waals surface area contributed by atoms with E-state index < -0.39 is 37.6 Å². The Morgan fingerprint density at radius 2 is 1.60 bits per heavy atom. The molecule has 12 nitrogen and oxygen atoms in total. The monoisotopic (exact) mass is 421 g/mol. The number of phenols is 1. The van der Waals surface area contributed by atoms with E-state index in [2.05, 4.69) is 17.9 Å². The largest absolute Gasteiger partial charge is 0.497 e. The Balaban J connectivity index is 0.000000215. The van der Waals surface area contributed by atoms with Crippen LogP contribution in [0, 0.1) is 53.5 Å². The standard InChI is InChI=1S/C12H20N2.C6H3N3O7/c1-2-10-8-11(9-13)12(10)14-6-4-3-5-7-14;10-6-4(8(13)14)1-3(7(11)12)2-5(6)9(15)16/h10-12H,2-8H2,1H3;1-2,10H. The van der Waals surface area contributed by atoms with Crippen LogP contribution in [-0.4, -0.2) is 43.9 Å². The topological polar surface area (TPSA) is 177 Å². The molecule has 2 aliphatic rings. The van der Waals surface area contributed by atoms with Gasteiger partial charge in [0, 0.05) is 6.04 Å². The molecule has 1 aliphatic carbocycles. The number of non-ortho nitro benzene ring substituents is 1. The fourth-order valence-electron chi connectivity index (χ4n) is 4.02. The Morgan fingerprint density at radius 3 is 2.00 bits per heavy atom. The van der Waals surface area contributed by atoms with Crippen LogP contribution in [0.1, 0.15) is 39.0 Å². The first kappa shape index (κ1) is 23.0. The predicted molar refractivity (Wildman–Crippen MR) is 105 cm³/mol. The van der Waals surface area contributed by atoms with Crippen molar-refractivity contribution in [1.82, 2.24) is 4.90 Å². The highest BCUT2D eigenvalue weighted by molar-refractivity contribution is 5.64. The molecule has 1 aliphatic heterocycles. The lowest BCUT2D eigenvalue weighted by molar-refractivity contribution is -0.404. The molecule has 162 valence electrons. The van der Waals surface area contributed by atoms with Crippen molar-refractivity contribution in [1.29, 1.82) is 5.26 Å². The fourth-order valence-corrected chi connectivity index (χ4v) is 4.02. The highest BCUT2D eigenvalue weighted by atomic mass is 16.6. The maximum atomic E-state index is 10.4. The molecule has 3 rings (SSSR count). The number of nitro benzene ring substituents is 3. The van der Waals surface area contributed by atoms with E-state index in [0.29, 0.717) is 24.1 Å². The zero-order valence-electron chi connectivity index (χ0n) is 16.5. The first-order valence-corrected chi connectivity index (χ1v) is 9.65. The molecular weight excluding hydrogens is 398 g/mol. The van der Waals surface area contributed by atoms with Gasteiger partial charge in [0.05, 0.1) is 38.9 Å². The molecule has 12 heteroatoms. The summed E-state index contributed by atoms with van der Waals surface area (Å²) in [4.78, 5) is 30.3. The first-order chi connectivity index (χ1) is 14.2. The van der Waals surface area contributed by atoms with E-state index in [-0.39, 0.29) is 0 Å². The number of phenolic OH excluding ortho intramolecular Hbond substituents is 1. The average molecular weight is 421 g/mol. The summed E-state index contributed by atoms with van der Waals surface area (Å²) in [6, 6.07) is 3.97. The van der Waals surface area contributed by atoms with Crippen molar-refractivity contribution in [3.8, 4) is 11.8 Å². The Labute approximate surface area is 172 Å². The van der Waals surface area contributed by atoms with Crippen molar-refractivity contribution in [2.24, 2.45) is 11.8 Å². The number of piperidine rings is 1. The second-order valence-electron chi connectivity index (χ2n) is 7.33. The summed E-state index contributed by atoms with van der Waals surface area (Å²) >= 11 is 0. The molecule has 30 heavy (non-hydrogen) atoms. The zero-order chi connectivity index (χ0) is 22.4. The minimum atomic E-state index is -1.21. The van der Waals surface area contributed by atoms with Crippen LogP contribution in [0.3, 0.4) is 0 Å². The maximum absolute atomic E-state index is 10.4. The van der Waals surface area contributed by atoms with Crippen LogP contribution in [0.4, 0.5) is 17.1 Å². The molecule has 1 heterocycles. The lowest BCUT2D eigenvalue weighted by atomic mass is 9.68. The van der Waals surface area contributed by atoms with Gasteiger partial charge in [-0.05, 0) is 38.3 Å². The van der Waals surface area contributed by atoms with Crippen molar-refractivity contribution >= 4 is 17.1 Å². The molecule has 1 saturated carbocycles. The molecule has 0 radical (unpaired) electrons. The van der Waals surface area contributed by atoms with Crippen LogP contribution in [0.2, 0.25) is 0 Å². The number of likely N-dealkylation sites (tertiary alicyclic amines) is 1. The number of hydrogen-bond donors (Lipinski definition) is 1. The maximum Gasteiger partial charge on any atom is 0.324 e. The molecule has 3 unspecified atom stereocenters. The Hall–Kier alpha value is -3.33. The van der Waals surface area contributed by atoms with Crippen molar-refractivity contribution in [3.63, 3.8) is 0 Å². The van der Waals surface area contributed by atoms with Crippen molar-refractivity contribution in [3.05, 3.63) is 42.5 Å². The van der Waals surface area contributed by atoms with Gasteiger partial charge in [-0.25, -0.2) is 0 Å². The summed E-state index contributed by atoms with van der Waals surface area (Å²) in [6.07, 6.45) is 6.46. The molecule has 1 aromatic rings. The van der Waals surface area contributed by atoms with E-state index in [0.717, 1.165) is 12.3 Å². The average Bonchev–Trinajstić information content (AvgIpc) is 2.68. The van der Waals surface area contributed by atoms with Gasteiger partial charge in [0.15, 0.2) is 0 Å². The molecule has 3 atom stereocenters. The first-order valence-electron chi connectivity index (χ1n) is 9.65. The van der Waals surface area contributed by atoms with Crippen molar-refractivity contribution in [2.75, 3.05) is 13.1 Å². The van der Waals surface area contributed by atoms with Crippen LogP contribution >= 0.6 is 0 Å². The molecule has 1 saturated heterocycles. The predicted octanol–water partition coefficient (Wildman–Crippen LogP) is 3.53. The van der Waals surface area contributed by atoms with Gasteiger partial charge in [-0.3, -0.25) is 35.2 Å². The summed E-state index contributed by atoms with van der Waals surface area (Å²) in [6.45, 7) is 4.73. The Morgan fingerprint density at radius 1 is 1.07 bits per heavy atom. The zero-order valence-corrected chi connectivity index (χ0v) is 16.5. The molecule has 0 amide bonds. The van der Waals surface area contributed by atoms with E-state index in [1.807, 2.05) is 0 Å². The van der Waals surface area contributed by atoms with Gasteiger partial charge >= 0.3 is 11.4 Å². The Kier molecular flexibility index (Phi) is 7.60.